The SMILES string of the molecule is Cc1ccc(-c2nc3c(s2)CN(C(C)(C)C(=O)O)CC3)cc1. The number of carboxylic acid groups (broad SMARTS) is 1. The Morgan fingerprint density at radius 1 is 1.32 bits per heavy atom. The fourth-order valence-electron chi connectivity index (χ4n) is 2.63. The van der Waals surface area contributed by atoms with Gasteiger partial charge in [0.2, 0.25) is 0 Å². The fourth-order valence-corrected chi connectivity index (χ4v) is 3.76. The standard InChI is InChI=1S/C17H20N2O2S/c1-11-4-6-12(7-5-11)15-18-13-8-9-19(10-14(13)22-15)17(2,3)16(20)21/h4-7H,8-10H2,1-3H3,(H,20,21). The summed E-state index contributed by atoms with van der Waals surface area (Å²) in [7, 11) is 0. The van der Waals surface area contributed by atoms with Crippen LogP contribution < -0.4 is 0 Å². The van der Waals surface area contributed by atoms with E-state index in [1.54, 1.807) is 25.2 Å². The Labute approximate surface area is 134 Å². The van der Waals surface area contributed by atoms with Gasteiger partial charge < -0.3 is 5.11 Å². The number of carbonyl (C=O) groups is 1. The Hall–Kier alpha value is -1.72. The molecule has 2 aromatic rings. The normalized spacial score (nSPS) is 15.6. The van der Waals surface area contributed by atoms with Crippen LogP contribution in [0.15, 0.2) is 24.3 Å². The molecule has 0 amide bonds. The molecule has 116 valence electrons. The zero-order chi connectivity index (χ0) is 15.9. The van der Waals surface area contributed by atoms with Gasteiger partial charge in [-0.1, -0.05) is 29.8 Å². The number of hydrogen-bond donors (Lipinski definition) is 1. The maximum absolute atomic E-state index is 11.4. The summed E-state index contributed by atoms with van der Waals surface area (Å²) in [6.07, 6.45) is 0.814. The highest BCUT2D eigenvalue weighted by atomic mass is 32.1. The van der Waals surface area contributed by atoms with Crippen LogP contribution in [0.2, 0.25) is 0 Å². The molecule has 4 nitrogen and oxygen atoms in total. The first-order valence-electron chi connectivity index (χ1n) is 7.42. The minimum absolute atomic E-state index is 0.665. The number of aryl methyl sites for hydroxylation is 1. The molecule has 5 heteroatoms. The number of carboxylic acids is 1. The Bertz CT molecular complexity index is 704. The third kappa shape index (κ3) is 2.66. The number of fused-ring (bicyclic) bond motifs is 1. The Kier molecular flexibility index (Phi) is 3.78. The molecule has 1 aromatic carbocycles. The summed E-state index contributed by atoms with van der Waals surface area (Å²) in [4.78, 5) is 19.4. The van der Waals surface area contributed by atoms with E-state index < -0.39 is 11.5 Å². The first-order chi connectivity index (χ1) is 10.4. The van der Waals surface area contributed by atoms with Crippen molar-refractivity contribution in [2.75, 3.05) is 6.54 Å². The minimum atomic E-state index is -0.842. The van der Waals surface area contributed by atoms with Gasteiger partial charge in [0.25, 0.3) is 0 Å². The molecule has 0 bridgehead atoms. The van der Waals surface area contributed by atoms with Gasteiger partial charge in [0.1, 0.15) is 10.5 Å². The highest BCUT2D eigenvalue weighted by molar-refractivity contribution is 7.15. The van der Waals surface area contributed by atoms with Crippen molar-refractivity contribution in [2.24, 2.45) is 0 Å². The quantitative estimate of drug-likeness (QED) is 0.943. The predicted molar refractivity (Wildman–Crippen MR) is 88.1 cm³/mol. The Morgan fingerprint density at radius 2 is 2.00 bits per heavy atom. The van der Waals surface area contributed by atoms with E-state index in [2.05, 4.69) is 31.2 Å². The van der Waals surface area contributed by atoms with Crippen LogP contribution in [0.1, 0.15) is 30.0 Å². The van der Waals surface area contributed by atoms with Crippen LogP contribution in [-0.4, -0.2) is 33.0 Å². The molecule has 2 heterocycles. The van der Waals surface area contributed by atoms with E-state index in [9.17, 15) is 9.90 Å². The Balaban J connectivity index is 1.87. The second-order valence-corrected chi connectivity index (χ2v) is 7.37. The molecular weight excluding hydrogens is 296 g/mol. The first kappa shape index (κ1) is 15.2. The molecule has 0 atom stereocenters. The zero-order valence-electron chi connectivity index (χ0n) is 13.1. The van der Waals surface area contributed by atoms with Crippen LogP contribution >= 0.6 is 11.3 Å². The smallest absolute Gasteiger partial charge is 0.323 e. The van der Waals surface area contributed by atoms with Gasteiger partial charge >= 0.3 is 5.97 Å². The van der Waals surface area contributed by atoms with Gasteiger partial charge in [-0.15, -0.1) is 11.3 Å². The number of rotatable bonds is 3. The van der Waals surface area contributed by atoms with Crippen molar-refractivity contribution in [3.05, 3.63) is 40.4 Å². The van der Waals surface area contributed by atoms with Crippen molar-refractivity contribution < 1.29 is 9.90 Å². The van der Waals surface area contributed by atoms with Crippen LogP contribution in [0.3, 0.4) is 0 Å². The lowest BCUT2D eigenvalue weighted by Crippen LogP contribution is -2.51. The van der Waals surface area contributed by atoms with Crippen molar-refractivity contribution in [1.29, 1.82) is 0 Å². The lowest BCUT2D eigenvalue weighted by atomic mass is 10.00. The van der Waals surface area contributed by atoms with E-state index in [-0.39, 0.29) is 0 Å². The fraction of sp³-hybridized carbons (Fsp3) is 0.412. The minimum Gasteiger partial charge on any atom is -0.480 e. The first-order valence-corrected chi connectivity index (χ1v) is 8.23. The zero-order valence-corrected chi connectivity index (χ0v) is 13.9. The summed E-state index contributed by atoms with van der Waals surface area (Å²) < 4.78 is 0. The largest absolute Gasteiger partial charge is 0.480 e. The average Bonchev–Trinajstić information content (AvgIpc) is 2.90. The summed E-state index contributed by atoms with van der Waals surface area (Å²) in [5, 5.41) is 10.4. The summed E-state index contributed by atoms with van der Waals surface area (Å²) >= 11 is 1.68. The number of aliphatic carboxylic acids is 1. The molecule has 1 aliphatic rings. The molecule has 0 spiro atoms. The number of hydrogen-bond acceptors (Lipinski definition) is 4. The maximum Gasteiger partial charge on any atom is 0.323 e. The van der Waals surface area contributed by atoms with Crippen molar-refractivity contribution in [2.45, 2.75) is 39.3 Å². The lowest BCUT2D eigenvalue weighted by Gasteiger charge is -2.36. The van der Waals surface area contributed by atoms with Crippen molar-refractivity contribution in [3.63, 3.8) is 0 Å². The van der Waals surface area contributed by atoms with E-state index in [1.165, 1.54) is 10.4 Å². The van der Waals surface area contributed by atoms with Crippen LogP contribution in [0.4, 0.5) is 0 Å². The summed E-state index contributed by atoms with van der Waals surface area (Å²) in [5.74, 6) is -0.778. The second kappa shape index (κ2) is 5.48. The van der Waals surface area contributed by atoms with Gasteiger partial charge in [-0.25, -0.2) is 4.98 Å². The summed E-state index contributed by atoms with van der Waals surface area (Å²) in [6.45, 7) is 7.01. The van der Waals surface area contributed by atoms with Crippen LogP contribution in [0.25, 0.3) is 10.6 Å². The molecule has 0 aliphatic carbocycles. The average molecular weight is 316 g/mol. The number of thiazole rings is 1. The molecule has 1 aromatic heterocycles. The number of benzene rings is 1. The molecule has 3 rings (SSSR count). The molecule has 0 unspecified atom stereocenters. The predicted octanol–water partition coefficient (Wildman–Crippen LogP) is 3.34. The van der Waals surface area contributed by atoms with Gasteiger partial charge in [0.15, 0.2) is 0 Å². The molecule has 0 fully saturated rings. The summed E-state index contributed by atoms with van der Waals surface area (Å²) in [5.41, 5.74) is 2.65. The molecule has 0 saturated carbocycles. The molecular formula is C17H20N2O2S. The molecule has 0 saturated heterocycles. The maximum atomic E-state index is 11.4. The Morgan fingerprint density at radius 3 is 2.64 bits per heavy atom. The van der Waals surface area contributed by atoms with Gasteiger partial charge in [0.05, 0.1) is 5.69 Å². The van der Waals surface area contributed by atoms with E-state index in [0.29, 0.717) is 6.54 Å². The monoisotopic (exact) mass is 316 g/mol. The van der Waals surface area contributed by atoms with Gasteiger partial charge in [-0.05, 0) is 20.8 Å². The topological polar surface area (TPSA) is 53.4 Å². The van der Waals surface area contributed by atoms with Crippen molar-refractivity contribution in [1.82, 2.24) is 9.88 Å². The van der Waals surface area contributed by atoms with Crippen LogP contribution in [0, 0.1) is 6.92 Å². The third-order valence-corrected chi connectivity index (χ3v) is 5.48. The van der Waals surface area contributed by atoms with Gasteiger partial charge in [-0.3, -0.25) is 9.69 Å². The van der Waals surface area contributed by atoms with E-state index >= 15 is 0 Å². The van der Waals surface area contributed by atoms with E-state index in [0.717, 1.165) is 29.2 Å². The highest BCUT2D eigenvalue weighted by Gasteiger charge is 2.37. The third-order valence-electron chi connectivity index (χ3n) is 4.34. The molecule has 1 aliphatic heterocycles. The number of nitrogens with zero attached hydrogens (tertiary/aromatic N) is 2. The molecule has 0 radical (unpaired) electrons. The van der Waals surface area contributed by atoms with E-state index in [1.807, 2.05) is 4.90 Å². The van der Waals surface area contributed by atoms with Crippen molar-refractivity contribution in [3.8, 4) is 10.6 Å². The van der Waals surface area contributed by atoms with E-state index in [4.69, 9.17) is 4.98 Å². The lowest BCUT2D eigenvalue weighted by molar-refractivity contribution is -0.150. The highest BCUT2D eigenvalue weighted by Crippen LogP contribution is 2.33. The number of aromatic nitrogens is 1. The molecule has 22 heavy (non-hydrogen) atoms. The molecule has 1 N–H and O–H groups in total. The van der Waals surface area contributed by atoms with Crippen LogP contribution in [-0.2, 0) is 17.8 Å². The van der Waals surface area contributed by atoms with Crippen molar-refractivity contribution >= 4 is 17.3 Å². The van der Waals surface area contributed by atoms with Crippen LogP contribution in [0.5, 0.6) is 0 Å². The second-order valence-electron chi connectivity index (χ2n) is 6.29. The van der Waals surface area contributed by atoms with Gasteiger partial charge in [-0.2, -0.15) is 0 Å². The summed E-state index contributed by atoms with van der Waals surface area (Å²) in [6, 6.07) is 8.38. The van der Waals surface area contributed by atoms with Gasteiger partial charge in [0, 0.05) is 30.0 Å².